The summed E-state index contributed by atoms with van der Waals surface area (Å²) in [6, 6.07) is 19.0. The van der Waals surface area contributed by atoms with Crippen molar-refractivity contribution in [3.8, 4) is 11.5 Å². The fraction of sp³-hybridized carbons (Fsp3) is 0.222. The first kappa shape index (κ1) is 22.9. The Kier molecular flexibility index (Phi) is 6.42. The minimum atomic E-state index is -0.301. The number of benzene rings is 2. The lowest BCUT2D eigenvalue weighted by atomic mass is 9.96. The van der Waals surface area contributed by atoms with E-state index >= 15 is 0 Å². The van der Waals surface area contributed by atoms with E-state index in [0.717, 1.165) is 24.1 Å². The molecule has 3 heterocycles. The molecular formula is C27H26ClN5O2. The van der Waals surface area contributed by atoms with Gasteiger partial charge in [0.25, 0.3) is 5.91 Å². The van der Waals surface area contributed by atoms with Crippen LogP contribution in [0.15, 0.2) is 79.3 Å². The first-order chi connectivity index (χ1) is 17.0. The molecule has 1 atom stereocenters. The molecule has 5 rings (SSSR count). The molecule has 0 aliphatic carbocycles. The predicted molar refractivity (Wildman–Crippen MR) is 136 cm³/mol. The number of likely N-dealkylation sites (tertiary alicyclic amines) is 1. The van der Waals surface area contributed by atoms with E-state index in [1.54, 1.807) is 21.8 Å². The second kappa shape index (κ2) is 9.80. The van der Waals surface area contributed by atoms with Gasteiger partial charge in [-0.3, -0.25) is 9.59 Å². The van der Waals surface area contributed by atoms with E-state index in [0.29, 0.717) is 35.2 Å². The lowest BCUT2D eigenvalue weighted by Crippen LogP contribution is -2.44. The van der Waals surface area contributed by atoms with Gasteiger partial charge in [0, 0.05) is 36.2 Å². The van der Waals surface area contributed by atoms with Crippen LogP contribution in [0.25, 0.3) is 11.5 Å². The van der Waals surface area contributed by atoms with Crippen LogP contribution in [0.1, 0.15) is 28.8 Å². The minimum absolute atomic E-state index is 0.0986. The average Bonchev–Trinajstić information content (AvgIpc) is 3.57. The van der Waals surface area contributed by atoms with E-state index in [9.17, 15) is 9.59 Å². The maximum atomic E-state index is 13.7. The third-order valence-electron chi connectivity index (χ3n) is 6.43. The van der Waals surface area contributed by atoms with Crippen LogP contribution in [0.3, 0.4) is 0 Å². The summed E-state index contributed by atoms with van der Waals surface area (Å²) in [4.78, 5) is 28.5. The third-order valence-corrected chi connectivity index (χ3v) is 6.84. The fourth-order valence-electron chi connectivity index (χ4n) is 4.50. The van der Waals surface area contributed by atoms with E-state index in [1.165, 1.54) is 0 Å². The van der Waals surface area contributed by atoms with Gasteiger partial charge >= 0.3 is 0 Å². The Morgan fingerprint density at radius 3 is 2.57 bits per heavy atom. The Balaban J connectivity index is 1.39. The van der Waals surface area contributed by atoms with Crippen LogP contribution >= 0.6 is 11.6 Å². The highest BCUT2D eigenvalue weighted by atomic mass is 35.5. The van der Waals surface area contributed by atoms with Crippen LogP contribution in [-0.2, 0) is 4.79 Å². The van der Waals surface area contributed by atoms with Gasteiger partial charge < -0.3 is 14.8 Å². The molecule has 0 saturated carbocycles. The Labute approximate surface area is 208 Å². The van der Waals surface area contributed by atoms with E-state index in [-0.39, 0.29) is 17.7 Å². The summed E-state index contributed by atoms with van der Waals surface area (Å²) < 4.78 is 3.66. The molecule has 4 aromatic rings. The summed E-state index contributed by atoms with van der Waals surface area (Å²) in [6.07, 6.45) is 6.89. The largest absolute Gasteiger partial charge is 0.338 e. The van der Waals surface area contributed by atoms with Gasteiger partial charge in [-0.1, -0.05) is 35.9 Å². The van der Waals surface area contributed by atoms with Gasteiger partial charge in [0.05, 0.1) is 17.8 Å². The van der Waals surface area contributed by atoms with E-state index in [1.807, 2.05) is 78.5 Å². The van der Waals surface area contributed by atoms with Gasteiger partial charge in [0.15, 0.2) is 5.82 Å². The quantitative estimate of drug-likeness (QED) is 0.425. The molecule has 178 valence electrons. The van der Waals surface area contributed by atoms with Gasteiger partial charge in [0.1, 0.15) is 5.56 Å². The maximum Gasteiger partial charge on any atom is 0.259 e. The highest BCUT2D eigenvalue weighted by Gasteiger charge is 2.31. The van der Waals surface area contributed by atoms with Crippen molar-refractivity contribution in [3.63, 3.8) is 0 Å². The minimum Gasteiger partial charge on any atom is -0.338 e. The molecule has 7 nitrogen and oxygen atoms in total. The molecule has 1 N–H and O–H groups in total. The van der Waals surface area contributed by atoms with E-state index in [4.69, 9.17) is 11.6 Å². The molecule has 2 aromatic carbocycles. The van der Waals surface area contributed by atoms with Gasteiger partial charge in [-0.05, 0) is 61.7 Å². The molecule has 2 aromatic heterocycles. The Morgan fingerprint density at radius 1 is 1.03 bits per heavy atom. The molecule has 0 spiro atoms. The second-order valence-corrected chi connectivity index (χ2v) is 9.12. The van der Waals surface area contributed by atoms with Crippen molar-refractivity contribution in [1.29, 1.82) is 0 Å². The lowest BCUT2D eigenvalue weighted by Gasteiger charge is -2.32. The van der Waals surface area contributed by atoms with Crippen LogP contribution < -0.4 is 5.32 Å². The van der Waals surface area contributed by atoms with Crippen LogP contribution in [0.4, 0.5) is 5.69 Å². The number of anilines is 1. The number of rotatable bonds is 5. The SMILES string of the molecule is Cc1c(Cl)cccc1NC(=O)C1CCCN(C(=O)c2cnn(-c3ccccc3)c2-n2cccc2)C1. The smallest absolute Gasteiger partial charge is 0.259 e. The number of carbonyl (C=O) groups is 2. The molecule has 0 radical (unpaired) electrons. The number of halogens is 1. The summed E-state index contributed by atoms with van der Waals surface area (Å²) in [6.45, 7) is 2.83. The van der Waals surface area contributed by atoms with Gasteiger partial charge in [-0.2, -0.15) is 5.10 Å². The maximum absolute atomic E-state index is 13.7. The number of amides is 2. The molecule has 0 bridgehead atoms. The summed E-state index contributed by atoms with van der Waals surface area (Å²) in [7, 11) is 0. The third kappa shape index (κ3) is 4.59. The first-order valence-corrected chi connectivity index (χ1v) is 12.0. The van der Waals surface area contributed by atoms with Crippen molar-refractivity contribution in [2.75, 3.05) is 18.4 Å². The first-order valence-electron chi connectivity index (χ1n) is 11.6. The van der Waals surface area contributed by atoms with Crippen molar-refractivity contribution in [2.45, 2.75) is 19.8 Å². The highest BCUT2D eigenvalue weighted by Crippen LogP contribution is 2.27. The number of hydrogen-bond donors (Lipinski definition) is 1. The van der Waals surface area contributed by atoms with Crippen molar-refractivity contribution < 1.29 is 9.59 Å². The molecule has 1 fully saturated rings. The molecule has 1 aliphatic rings. The van der Waals surface area contributed by atoms with Gasteiger partial charge in [-0.15, -0.1) is 0 Å². The van der Waals surface area contributed by atoms with Crippen LogP contribution in [0.2, 0.25) is 5.02 Å². The van der Waals surface area contributed by atoms with E-state index < -0.39 is 0 Å². The number of aromatic nitrogens is 3. The molecule has 8 heteroatoms. The number of nitrogens with zero attached hydrogens (tertiary/aromatic N) is 4. The lowest BCUT2D eigenvalue weighted by molar-refractivity contribution is -0.121. The molecule has 2 amide bonds. The Bertz CT molecular complexity index is 1350. The van der Waals surface area contributed by atoms with Crippen LogP contribution in [0, 0.1) is 12.8 Å². The topological polar surface area (TPSA) is 72.2 Å². The zero-order valence-electron chi connectivity index (χ0n) is 19.4. The van der Waals surface area contributed by atoms with Crippen molar-refractivity contribution in [1.82, 2.24) is 19.2 Å². The van der Waals surface area contributed by atoms with Crippen LogP contribution in [-0.4, -0.2) is 44.2 Å². The highest BCUT2D eigenvalue weighted by molar-refractivity contribution is 6.31. The molecule has 1 aliphatic heterocycles. The van der Waals surface area contributed by atoms with Gasteiger partial charge in [-0.25, -0.2) is 4.68 Å². The summed E-state index contributed by atoms with van der Waals surface area (Å²) in [5, 5.41) is 8.15. The molecular weight excluding hydrogens is 462 g/mol. The second-order valence-electron chi connectivity index (χ2n) is 8.71. The van der Waals surface area contributed by atoms with Crippen LogP contribution in [0.5, 0.6) is 0 Å². The zero-order valence-corrected chi connectivity index (χ0v) is 20.2. The summed E-state index contributed by atoms with van der Waals surface area (Å²) in [5.41, 5.74) is 2.89. The zero-order chi connectivity index (χ0) is 24.4. The summed E-state index contributed by atoms with van der Waals surface area (Å²) >= 11 is 6.20. The van der Waals surface area contributed by atoms with Gasteiger partial charge in [0.2, 0.25) is 5.91 Å². The van der Waals surface area contributed by atoms with Crippen molar-refractivity contribution >= 4 is 29.1 Å². The van der Waals surface area contributed by atoms with Crippen molar-refractivity contribution in [3.05, 3.63) is 95.4 Å². The summed E-state index contributed by atoms with van der Waals surface area (Å²) in [5.74, 6) is 0.142. The Hall–Kier alpha value is -3.84. The number of hydrogen-bond acceptors (Lipinski definition) is 3. The molecule has 1 unspecified atom stereocenters. The fourth-order valence-corrected chi connectivity index (χ4v) is 4.67. The Morgan fingerprint density at radius 2 is 1.80 bits per heavy atom. The predicted octanol–water partition coefficient (Wildman–Crippen LogP) is 5.12. The standard InChI is InChI=1S/C27H26ClN5O2/c1-19-23(28)12-7-13-24(19)30-25(34)20-9-8-16-32(18-20)27(35)22-17-29-33(21-10-3-2-4-11-21)26(22)31-14-5-6-15-31/h2-7,10-15,17,20H,8-9,16,18H2,1H3,(H,30,34). The molecule has 1 saturated heterocycles. The van der Waals surface area contributed by atoms with Crippen molar-refractivity contribution in [2.24, 2.45) is 5.92 Å². The number of para-hydroxylation sites is 1. The average molecular weight is 488 g/mol. The van der Waals surface area contributed by atoms with E-state index in [2.05, 4.69) is 10.4 Å². The molecule has 35 heavy (non-hydrogen) atoms. The number of carbonyl (C=O) groups excluding carboxylic acids is 2. The number of piperidine rings is 1. The number of nitrogens with one attached hydrogen (secondary N) is 1. The normalized spacial score (nSPS) is 15.7. The monoisotopic (exact) mass is 487 g/mol.